The van der Waals surface area contributed by atoms with Crippen LogP contribution in [0.4, 0.5) is 10.1 Å². The molecule has 0 aromatic heterocycles. The third kappa shape index (κ3) is 4.20. The van der Waals surface area contributed by atoms with Crippen molar-refractivity contribution in [1.82, 2.24) is 10.2 Å². The number of anilines is 1. The number of nitrogen functional groups attached to an aromatic ring is 1. The molecule has 0 spiro atoms. The van der Waals surface area contributed by atoms with Crippen LogP contribution < -0.4 is 11.1 Å². The number of nitrogens with zero attached hydrogens (tertiary/aromatic N) is 1. The van der Waals surface area contributed by atoms with Crippen molar-refractivity contribution in [2.75, 3.05) is 31.9 Å². The largest absolute Gasteiger partial charge is 0.396 e. The highest BCUT2D eigenvalue weighted by Crippen LogP contribution is 2.12. The van der Waals surface area contributed by atoms with Gasteiger partial charge in [0.25, 0.3) is 5.91 Å². The first-order chi connectivity index (χ1) is 9.66. The van der Waals surface area contributed by atoms with Gasteiger partial charge in [-0.1, -0.05) is 12.8 Å². The maximum atomic E-state index is 13.0. The van der Waals surface area contributed by atoms with Crippen molar-refractivity contribution in [3.63, 3.8) is 0 Å². The zero-order chi connectivity index (χ0) is 14.4. The fourth-order valence-corrected chi connectivity index (χ4v) is 2.47. The summed E-state index contributed by atoms with van der Waals surface area (Å²) < 4.78 is 13.0. The Hall–Kier alpha value is -1.62. The number of carbonyl (C=O) groups excluding carboxylic acids is 1. The van der Waals surface area contributed by atoms with Gasteiger partial charge in [0, 0.05) is 18.7 Å². The van der Waals surface area contributed by atoms with Crippen molar-refractivity contribution in [2.45, 2.75) is 25.7 Å². The summed E-state index contributed by atoms with van der Waals surface area (Å²) in [6.45, 7) is 3.69. The molecule has 1 heterocycles. The van der Waals surface area contributed by atoms with Crippen molar-refractivity contribution in [2.24, 2.45) is 0 Å². The van der Waals surface area contributed by atoms with Crippen molar-refractivity contribution < 1.29 is 9.18 Å². The molecule has 3 N–H and O–H groups in total. The Kier molecular flexibility index (Phi) is 5.35. The lowest BCUT2D eigenvalue weighted by molar-refractivity contribution is 0.0948. The standard InChI is InChI=1S/C15H22FN3O/c16-13-6-5-12(11-14(13)17)15(20)18-7-10-19-8-3-1-2-4-9-19/h5-6,11H,1-4,7-10,17H2,(H,18,20). The minimum absolute atomic E-state index is 0.00479. The summed E-state index contributed by atoms with van der Waals surface area (Å²) in [5.74, 6) is -0.697. The summed E-state index contributed by atoms with van der Waals surface area (Å²) in [5.41, 5.74) is 5.87. The average Bonchev–Trinajstić information content (AvgIpc) is 2.70. The topological polar surface area (TPSA) is 58.4 Å². The summed E-state index contributed by atoms with van der Waals surface area (Å²) in [6, 6.07) is 4.04. The van der Waals surface area contributed by atoms with E-state index in [1.807, 2.05) is 0 Å². The lowest BCUT2D eigenvalue weighted by Gasteiger charge is -2.19. The monoisotopic (exact) mass is 279 g/mol. The number of likely N-dealkylation sites (tertiary alicyclic amines) is 1. The van der Waals surface area contributed by atoms with E-state index in [2.05, 4.69) is 10.2 Å². The van der Waals surface area contributed by atoms with E-state index >= 15 is 0 Å². The number of amides is 1. The van der Waals surface area contributed by atoms with Gasteiger partial charge in [-0.2, -0.15) is 0 Å². The number of nitrogens with one attached hydrogen (secondary N) is 1. The van der Waals surface area contributed by atoms with Crippen LogP contribution in [0.3, 0.4) is 0 Å². The third-order valence-corrected chi connectivity index (χ3v) is 3.67. The number of rotatable bonds is 4. The predicted octanol–water partition coefficient (Wildman–Crippen LogP) is 2.01. The molecule has 4 nitrogen and oxygen atoms in total. The molecule has 1 fully saturated rings. The molecule has 1 aromatic carbocycles. The second-order valence-electron chi connectivity index (χ2n) is 5.25. The molecule has 2 rings (SSSR count). The summed E-state index contributed by atoms with van der Waals surface area (Å²) >= 11 is 0. The zero-order valence-electron chi connectivity index (χ0n) is 11.7. The van der Waals surface area contributed by atoms with Crippen LogP contribution in [0.15, 0.2) is 18.2 Å². The highest BCUT2D eigenvalue weighted by molar-refractivity contribution is 5.95. The van der Waals surface area contributed by atoms with Gasteiger partial charge in [-0.25, -0.2) is 4.39 Å². The number of hydrogen-bond acceptors (Lipinski definition) is 3. The van der Waals surface area contributed by atoms with Crippen LogP contribution in [0.2, 0.25) is 0 Å². The molecule has 0 atom stereocenters. The van der Waals surface area contributed by atoms with Gasteiger partial charge in [-0.05, 0) is 44.1 Å². The van der Waals surface area contributed by atoms with E-state index in [1.54, 1.807) is 0 Å². The van der Waals surface area contributed by atoms with Gasteiger partial charge in [-0.3, -0.25) is 4.79 Å². The molecule has 0 unspecified atom stereocenters. The fourth-order valence-electron chi connectivity index (χ4n) is 2.47. The van der Waals surface area contributed by atoms with Gasteiger partial charge in [0.05, 0.1) is 5.69 Å². The van der Waals surface area contributed by atoms with Crippen LogP contribution in [0, 0.1) is 5.82 Å². The second kappa shape index (κ2) is 7.24. The summed E-state index contributed by atoms with van der Waals surface area (Å²) in [5, 5.41) is 2.85. The SMILES string of the molecule is Nc1cc(C(=O)NCCN2CCCCCC2)ccc1F. The molecule has 1 aliphatic heterocycles. The van der Waals surface area contributed by atoms with Gasteiger partial charge >= 0.3 is 0 Å². The molecule has 110 valence electrons. The van der Waals surface area contributed by atoms with Gasteiger partial charge in [0.2, 0.25) is 0 Å². The Bertz CT molecular complexity index is 456. The van der Waals surface area contributed by atoms with Gasteiger partial charge in [0.1, 0.15) is 5.82 Å². The Morgan fingerprint density at radius 3 is 2.60 bits per heavy atom. The lowest BCUT2D eigenvalue weighted by Crippen LogP contribution is -2.35. The van der Waals surface area contributed by atoms with Crippen LogP contribution in [0.25, 0.3) is 0 Å². The van der Waals surface area contributed by atoms with Crippen molar-refractivity contribution in [3.8, 4) is 0 Å². The van der Waals surface area contributed by atoms with E-state index in [1.165, 1.54) is 43.9 Å². The fraction of sp³-hybridized carbons (Fsp3) is 0.533. The van der Waals surface area contributed by atoms with Crippen molar-refractivity contribution in [1.29, 1.82) is 0 Å². The maximum Gasteiger partial charge on any atom is 0.251 e. The summed E-state index contributed by atoms with van der Waals surface area (Å²) in [7, 11) is 0. The zero-order valence-corrected chi connectivity index (χ0v) is 11.7. The Labute approximate surface area is 119 Å². The molecule has 0 aliphatic carbocycles. The van der Waals surface area contributed by atoms with Crippen molar-refractivity contribution >= 4 is 11.6 Å². The van der Waals surface area contributed by atoms with E-state index in [0.717, 1.165) is 19.6 Å². The van der Waals surface area contributed by atoms with Crippen LogP contribution >= 0.6 is 0 Å². The van der Waals surface area contributed by atoms with E-state index < -0.39 is 5.82 Å². The average molecular weight is 279 g/mol. The first-order valence-corrected chi connectivity index (χ1v) is 7.22. The molecule has 1 aliphatic rings. The van der Waals surface area contributed by atoms with Gasteiger partial charge < -0.3 is 16.0 Å². The Morgan fingerprint density at radius 1 is 1.25 bits per heavy atom. The minimum atomic E-state index is -0.494. The van der Waals surface area contributed by atoms with Gasteiger partial charge in [-0.15, -0.1) is 0 Å². The highest BCUT2D eigenvalue weighted by Gasteiger charge is 2.10. The molecule has 0 saturated carbocycles. The van der Waals surface area contributed by atoms with E-state index in [4.69, 9.17) is 5.73 Å². The molecular formula is C15H22FN3O. The molecule has 20 heavy (non-hydrogen) atoms. The molecule has 1 amide bonds. The predicted molar refractivity (Wildman–Crippen MR) is 78.1 cm³/mol. The molecule has 1 aromatic rings. The maximum absolute atomic E-state index is 13.0. The first-order valence-electron chi connectivity index (χ1n) is 7.22. The van der Waals surface area contributed by atoms with Crippen LogP contribution in [0.1, 0.15) is 36.0 Å². The number of benzene rings is 1. The van der Waals surface area contributed by atoms with Crippen LogP contribution in [0.5, 0.6) is 0 Å². The van der Waals surface area contributed by atoms with Crippen LogP contribution in [-0.4, -0.2) is 37.0 Å². The van der Waals surface area contributed by atoms with Gasteiger partial charge in [0.15, 0.2) is 0 Å². The molecular weight excluding hydrogens is 257 g/mol. The van der Waals surface area contributed by atoms with E-state index in [9.17, 15) is 9.18 Å². The lowest BCUT2D eigenvalue weighted by atomic mass is 10.2. The number of nitrogens with two attached hydrogens (primary N) is 1. The Balaban J connectivity index is 1.78. The minimum Gasteiger partial charge on any atom is -0.396 e. The molecule has 0 radical (unpaired) electrons. The Morgan fingerprint density at radius 2 is 1.95 bits per heavy atom. The first kappa shape index (κ1) is 14.8. The third-order valence-electron chi connectivity index (χ3n) is 3.67. The normalized spacial score (nSPS) is 16.6. The smallest absolute Gasteiger partial charge is 0.251 e. The highest BCUT2D eigenvalue weighted by atomic mass is 19.1. The van der Waals surface area contributed by atoms with Crippen LogP contribution in [-0.2, 0) is 0 Å². The molecule has 1 saturated heterocycles. The van der Waals surface area contributed by atoms with E-state index in [0.29, 0.717) is 12.1 Å². The molecule has 0 bridgehead atoms. The van der Waals surface area contributed by atoms with Crippen molar-refractivity contribution in [3.05, 3.63) is 29.6 Å². The molecule has 5 heteroatoms. The number of carbonyl (C=O) groups is 1. The van der Waals surface area contributed by atoms with E-state index in [-0.39, 0.29) is 11.6 Å². The number of hydrogen-bond donors (Lipinski definition) is 2. The quantitative estimate of drug-likeness (QED) is 0.829. The summed E-state index contributed by atoms with van der Waals surface area (Å²) in [6.07, 6.45) is 5.08. The second-order valence-corrected chi connectivity index (χ2v) is 5.25. The number of halogens is 1. The summed E-state index contributed by atoms with van der Waals surface area (Å²) in [4.78, 5) is 14.3.